The maximum Gasteiger partial charge on any atom is 0.0914 e. The molecule has 0 amide bonds. The van der Waals surface area contributed by atoms with Crippen LogP contribution in [-0.4, -0.2) is 21.4 Å². The number of hydrogen-bond acceptors (Lipinski definition) is 3. The van der Waals surface area contributed by atoms with Gasteiger partial charge in [-0.25, -0.2) is 0 Å². The number of nitrogens with zero attached hydrogens (tertiary/aromatic N) is 2. The van der Waals surface area contributed by atoms with E-state index in [0.29, 0.717) is 18.1 Å². The molecule has 4 nitrogen and oxygen atoms in total. The molecule has 1 atom stereocenters. The Labute approximate surface area is 111 Å². The summed E-state index contributed by atoms with van der Waals surface area (Å²) < 4.78 is 1.76. The molecule has 0 radical (unpaired) electrons. The monoisotopic (exact) mass is 265 g/mol. The van der Waals surface area contributed by atoms with E-state index in [1.165, 1.54) is 0 Å². The summed E-state index contributed by atoms with van der Waals surface area (Å²) in [5.41, 5.74) is 1.81. The van der Waals surface area contributed by atoms with Gasteiger partial charge in [-0.15, -0.1) is 0 Å². The van der Waals surface area contributed by atoms with E-state index < -0.39 is 6.10 Å². The van der Waals surface area contributed by atoms with Crippen LogP contribution < -0.4 is 5.32 Å². The fraction of sp³-hybridized carbons (Fsp3) is 0.308. The molecule has 1 aromatic heterocycles. The quantitative estimate of drug-likeness (QED) is 0.868. The Morgan fingerprint density at radius 3 is 2.67 bits per heavy atom. The SMILES string of the molecule is Cn1ccc(CNCC(O)c2ccc(Cl)cc2)n1. The van der Waals surface area contributed by atoms with E-state index in [-0.39, 0.29) is 0 Å². The van der Waals surface area contributed by atoms with Crippen molar-refractivity contribution in [2.75, 3.05) is 6.54 Å². The normalized spacial score (nSPS) is 12.6. The van der Waals surface area contributed by atoms with E-state index in [1.54, 1.807) is 16.8 Å². The van der Waals surface area contributed by atoms with Crippen molar-refractivity contribution in [1.82, 2.24) is 15.1 Å². The Kier molecular flexibility index (Phi) is 4.36. The van der Waals surface area contributed by atoms with Gasteiger partial charge in [0, 0.05) is 31.4 Å². The zero-order valence-corrected chi connectivity index (χ0v) is 10.9. The number of aryl methyl sites for hydroxylation is 1. The molecule has 0 aliphatic carbocycles. The minimum Gasteiger partial charge on any atom is -0.387 e. The molecule has 1 heterocycles. The van der Waals surface area contributed by atoms with Crippen LogP contribution in [0.5, 0.6) is 0 Å². The highest BCUT2D eigenvalue weighted by Gasteiger charge is 2.07. The number of hydrogen-bond donors (Lipinski definition) is 2. The van der Waals surface area contributed by atoms with Crippen LogP contribution in [0.15, 0.2) is 36.5 Å². The average Bonchev–Trinajstić information content (AvgIpc) is 2.76. The van der Waals surface area contributed by atoms with Gasteiger partial charge >= 0.3 is 0 Å². The van der Waals surface area contributed by atoms with Crippen molar-refractivity contribution in [2.45, 2.75) is 12.6 Å². The van der Waals surface area contributed by atoms with Crippen molar-refractivity contribution in [2.24, 2.45) is 7.05 Å². The number of halogens is 1. The maximum absolute atomic E-state index is 9.96. The molecule has 2 N–H and O–H groups in total. The minimum atomic E-state index is -0.536. The molecule has 2 rings (SSSR count). The second kappa shape index (κ2) is 6.00. The summed E-state index contributed by atoms with van der Waals surface area (Å²) in [7, 11) is 1.88. The lowest BCUT2D eigenvalue weighted by Gasteiger charge is -2.11. The molecule has 0 aliphatic heterocycles. The zero-order valence-electron chi connectivity index (χ0n) is 10.2. The molecule has 1 aromatic carbocycles. The van der Waals surface area contributed by atoms with Crippen LogP contribution in [-0.2, 0) is 13.6 Å². The summed E-state index contributed by atoms with van der Waals surface area (Å²) in [4.78, 5) is 0. The summed E-state index contributed by atoms with van der Waals surface area (Å²) in [6.45, 7) is 1.13. The smallest absolute Gasteiger partial charge is 0.0914 e. The first-order valence-corrected chi connectivity index (χ1v) is 6.16. The lowest BCUT2D eigenvalue weighted by molar-refractivity contribution is 0.174. The molecule has 2 aromatic rings. The van der Waals surface area contributed by atoms with E-state index in [0.717, 1.165) is 11.3 Å². The summed E-state index contributed by atoms with van der Waals surface area (Å²) >= 11 is 5.80. The number of rotatable bonds is 5. The van der Waals surface area contributed by atoms with Crippen molar-refractivity contribution in [3.05, 3.63) is 52.8 Å². The summed E-state index contributed by atoms with van der Waals surface area (Å²) in [5, 5.41) is 18.1. The first kappa shape index (κ1) is 13.1. The third-order valence-corrected chi connectivity index (χ3v) is 2.92. The molecular formula is C13H16ClN3O. The van der Waals surface area contributed by atoms with Crippen molar-refractivity contribution < 1.29 is 5.11 Å². The van der Waals surface area contributed by atoms with Crippen LogP contribution in [0.2, 0.25) is 5.02 Å². The van der Waals surface area contributed by atoms with Crippen molar-refractivity contribution >= 4 is 11.6 Å². The van der Waals surface area contributed by atoms with Gasteiger partial charge in [-0.2, -0.15) is 5.10 Å². The summed E-state index contributed by atoms with van der Waals surface area (Å²) in [6.07, 6.45) is 1.36. The van der Waals surface area contributed by atoms with Crippen LogP contribution in [0.1, 0.15) is 17.4 Å². The second-order valence-corrected chi connectivity index (χ2v) is 4.62. The van der Waals surface area contributed by atoms with Crippen LogP contribution in [0.3, 0.4) is 0 Å². The van der Waals surface area contributed by atoms with Gasteiger partial charge in [0.25, 0.3) is 0 Å². The number of aliphatic hydroxyl groups is 1. The van der Waals surface area contributed by atoms with Gasteiger partial charge in [0.1, 0.15) is 0 Å². The number of aromatic nitrogens is 2. The van der Waals surface area contributed by atoms with Gasteiger partial charge in [0.15, 0.2) is 0 Å². The lowest BCUT2D eigenvalue weighted by atomic mass is 10.1. The summed E-state index contributed by atoms with van der Waals surface area (Å²) in [5.74, 6) is 0. The fourth-order valence-electron chi connectivity index (χ4n) is 1.70. The lowest BCUT2D eigenvalue weighted by Crippen LogP contribution is -2.21. The van der Waals surface area contributed by atoms with Gasteiger partial charge in [0.05, 0.1) is 11.8 Å². The Morgan fingerprint density at radius 2 is 2.06 bits per heavy atom. The average molecular weight is 266 g/mol. The molecule has 96 valence electrons. The molecule has 0 saturated carbocycles. The largest absolute Gasteiger partial charge is 0.387 e. The Bertz CT molecular complexity index is 495. The molecule has 5 heteroatoms. The number of nitrogens with one attached hydrogen (secondary N) is 1. The molecular weight excluding hydrogens is 250 g/mol. The number of benzene rings is 1. The molecule has 1 unspecified atom stereocenters. The highest BCUT2D eigenvalue weighted by Crippen LogP contribution is 2.15. The highest BCUT2D eigenvalue weighted by molar-refractivity contribution is 6.30. The minimum absolute atomic E-state index is 0.484. The van der Waals surface area contributed by atoms with Crippen LogP contribution in [0.4, 0.5) is 0 Å². The Hall–Kier alpha value is -1.36. The third-order valence-electron chi connectivity index (χ3n) is 2.67. The predicted molar refractivity (Wildman–Crippen MR) is 71.3 cm³/mol. The molecule has 0 fully saturated rings. The van der Waals surface area contributed by atoms with Crippen LogP contribution >= 0.6 is 11.6 Å². The summed E-state index contributed by atoms with van der Waals surface area (Å²) in [6, 6.07) is 9.16. The second-order valence-electron chi connectivity index (χ2n) is 4.18. The standard InChI is InChI=1S/C13H16ClN3O/c1-17-7-6-12(16-17)8-15-9-13(18)10-2-4-11(14)5-3-10/h2-7,13,15,18H,8-9H2,1H3. The Balaban J connectivity index is 1.81. The zero-order chi connectivity index (χ0) is 13.0. The molecule has 0 bridgehead atoms. The Morgan fingerprint density at radius 1 is 1.33 bits per heavy atom. The van der Waals surface area contributed by atoms with Gasteiger partial charge in [-0.3, -0.25) is 4.68 Å². The molecule has 18 heavy (non-hydrogen) atoms. The molecule has 0 saturated heterocycles. The predicted octanol–water partition coefficient (Wildman–Crippen LogP) is 1.90. The van der Waals surface area contributed by atoms with Gasteiger partial charge in [-0.05, 0) is 23.8 Å². The van der Waals surface area contributed by atoms with Gasteiger partial charge in [-0.1, -0.05) is 23.7 Å². The maximum atomic E-state index is 9.96. The van der Waals surface area contributed by atoms with Gasteiger partial charge in [0.2, 0.25) is 0 Å². The first-order chi connectivity index (χ1) is 8.65. The molecule has 0 spiro atoms. The first-order valence-electron chi connectivity index (χ1n) is 5.78. The van der Waals surface area contributed by atoms with Crippen LogP contribution in [0, 0.1) is 0 Å². The van der Waals surface area contributed by atoms with E-state index in [2.05, 4.69) is 10.4 Å². The van der Waals surface area contributed by atoms with E-state index in [9.17, 15) is 5.11 Å². The topological polar surface area (TPSA) is 50.1 Å². The van der Waals surface area contributed by atoms with E-state index in [1.807, 2.05) is 31.4 Å². The third kappa shape index (κ3) is 3.57. The molecule has 0 aliphatic rings. The highest BCUT2D eigenvalue weighted by atomic mass is 35.5. The van der Waals surface area contributed by atoms with Crippen molar-refractivity contribution in [1.29, 1.82) is 0 Å². The van der Waals surface area contributed by atoms with Crippen molar-refractivity contribution in [3.63, 3.8) is 0 Å². The van der Waals surface area contributed by atoms with Gasteiger partial charge < -0.3 is 10.4 Å². The fourth-order valence-corrected chi connectivity index (χ4v) is 1.82. The van der Waals surface area contributed by atoms with E-state index >= 15 is 0 Å². The number of aliphatic hydroxyl groups excluding tert-OH is 1. The van der Waals surface area contributed by atoms with E-state index in [4.69, 9.17) is 11.6 Å². The van der Waals surface area contributed by atoms with Crippen LogP contribution in [0.25, 0.3) is 0 Å². The van der Waals surface area contributed by atoms with Crippen molar-refractivity contribution in [3.8, 4) is 0 Å².